The molecule has 82 valence electrons. The normalized spacial score (nSPS) is 26.5. The molecule has 1 N–H and O–H groups in total. The molecule has 0 bridgehead atoms. The molecule has 1 saturated heterocycles. The first-order valence-corrected chi connectivity index (χ1v) is 5.54. The average Bonchev–Trinajstić information content (AvgIpc) is 2.71. The summed E-state index contributed by atoms with van der Waals surface area (Å²) in [4.78, 5) is 12.0. The summed E-state index contributed by atoms with van der Waals surface area (Å²) in [6.45, 7) is 3.13. The molecule has 3 nitrogen and oxygen atoms in total. The summed E-state index contributed by atoms with van der Waals surface area (Å²) in [5, 5.41) is 3.35. The van der Waals surface area contributed by atoms with Gasteiger partial charge < -0.3 is 9.73 Å². The average molecular weight is 207 g/mol. The van der Waals surface area contributed by atoms with Crippen molar-refractivity contribution in [3.05, 3.63) is 24.2 Å². The van der Waals surface area contributed by atoms with Crippen molar-refractivity contribution >= 4 is 5.78 Å². The predicted molar refractivity (Wildman–Crippen MR) is 57.6 cm³/mol. The minimum Gasteiger partial charge on any atom is -0.472 e. The summed E-state index contributed by atoms with van der Waals surface area (Å²) in [6, 6.07) is 2.18. The number of rotatable bonds is 3. The lowest BCUT2D eigenvalue weighted by molar-refractivity contribution is -0.123. The van der Waals surface area contributed by atoms with E-state index in [4.69, 9.17) is 4.42 Å². The molecule has 15 heavy (non-hydrogen) atoms. The molecule has 0 aliphatic carbocycles. The van der Waals surface area contributed by atoms with Gasteiger partial charge in [-0.1, -0.05) is 0 Å². The Morgan fingerprint density at radius 1 is 1.67 bits per heavy atom. The van der Waals surface area contributed by atoms with Crippen LogP contribution in [0.5, 0.6) is 0 Å². The van der Waals surface area contributed by atoms with Crippen molar-refractivity contribution < 1.29 is 9.21 Å². The van der Waals surface area contributed by atoms with E-state index in [1.165, 1.54) is 0 Å². The highest BCUT2D eigenvalue weighted by atomic mass is 16.3. The lowest BCUT2D eigenvalue weighted by atomic mass is 9.86. The third-order valence-electron chi connectivity index (χ3n) is 3.13. The second kappa shape index (κ2) is 4.62. The van der Waals surface area contributed by atoms with Gasteiger partial charge in [-0.05, 0) is 37.9 Å². The van der Waals surface area contributed by atoms with Crippen LogP contribution in [0.3, 0.4) is 0 Å². The van der Waals surface area contributed by atoms with E-state index in [0.717, 1.165) is 24.9 Å². The Balaban J connectivity index is 1.95. The number of hydrogen-bond donors (Lipinski definition) is 1. The van der Waals surface area contributed by atoms with E-state index in [0.29, 0.717) is 18.2 Å². The van der Waals surface area contributed by atoms with Gasteiger partial charge >= 0.3 is 0 Å². The van der Waals surface area contributed by atoms with Gasteiger partial charge in [-0.2, -0.15) is 0 Å². The van der Waals surface area contributed by atoms with Gasteiger partial charge in [0.05, 0.1) is 12.5 Å². The molecule has 1 aliphatic rings. The third-order valence-corrected chi connectivity index (χ3v) is 3.13. The monoisotopic (exact) mass is 207 g/mol. The maximum Gasteiger partial charge on any atom is 0.141 e. The van der Waals surface area contributed by atoms with Crippen LogP contribution >= 0.6 is 0 Å². The summed E-state index contributed by atoms with van der Waals surface area (Å²) in [5.74, 6) is 0.504. The van der Waals surface area contributed by atoms with Gasteiger partial charge in [0.1, 0.15) is 5.78 Å². The summed E-state index contributed by atoms with van der Waals surface area (Å²) in [6.07, 6.45) is 5.90. The second-order valence-electron chi connectivity index (χ2n) is 4.27. The molecule has 3 heteroatoms. The van der Waals surface area contributed by atoms with Crippen LogP contribution in [0.4, 0.5) is 0 Å². The van der Waals surface area contributed by atoms with E-state index in [9.17, 15) is 4.79 Å². The van der Waals surface area contributed by atoms with Gasteiger partial charge in [0.15, 0.2) is 0 Å². The number of hydrogen-bond acceptors (Lipinski definition) is 3. The SMILES string of the molecule is CC1NCCCC1C(=O)Cc1ccoc1. The molecule has 0 saturated carbocycles. The molecule has 2 unspecified atom stereocenters. The zero-order valence-corrected chi connectivity index (χ0v) is 9.03. The molecule has 1 aromatic rings. The molecule has 0 spiro atoms. The van der Waals surface area contributed by atoms with Crippen LogP contribution in [0.2, 0.25) is 0 Å². The van der Waals surface area contributed by atoms with E-state index in [1.54, 1.807) is 12.5 Å². The predicted octanol–water partition coefficient (Wildman–Crippen LogP) is 1.78. The van der Waals surface area contributed by atoms with Crippen molar-refractivity contribution in [3.8, 4) is 0 Å². The van der Waals surface area contributed by atoms with Crippen molar-refractivity contribution in [2.45, 2.75) is 32.2 Å². The first kappa shape index (κ1) is 10.4. The third kappa shape index (κ3) is 2.48. The van der Waals surface area contributed by atoms with E-state index in [-0.39, 0.29) is 5.92 Å². The number of carbonyl (C=O) groups is 1. The Bertz CT molecular complexity index is 318. The number of furan rings is 1. The Morgan fingerprint density at radius 3 is 3.20 bits per heavy atom. The Morgan fingerprint density at radius 2 is 2.53 bits per heavy atom. The summed E-state index contributed by atoms with van der Waals surface area (Å²) < 4.78 is 4.96. The summed E-state index contributed by atoms with van der Waals surface area (Å²) in [7, 11) is 0. The number of piperidine rings is 1. The highest BCUT2D eigenvalue weighted by Gasteiger charge is 2.27. The van der Waals surface area contributed by atoms with Crippen LogP contribution in [0.15, 0.2) is 23.0 Å². The van der Waals surface area contributed by atoms with Crippen molar-refractivity contribution in [2.75, 3.05) is 6.54 Å². The van der Waals surface area contributed by atoms with E-state index < -0.39 is 0 Å². The lowest BCUT2D eigenvalue weighted by Crippen LogP contribution is -2.43. The number of ketones is 1. The minimum atomic E-state index is 0.175. The zero-order valence-electron chi connectivity index (χ0n) is 9.03. The maximum absolute atomic E-state index is 12.0. The number of Topliss-reactive ketones (excluding diaryl/α,β-unsaturated/α-hetero) is 1. The molecule has 2 atom stereocenters. The molecule has 2 heterocycles. The van der Waals surface area contributed by atoms with E-state index in [1.807, 2.05) is 6.07 Å². The smallest absolute Gasteiger partial charge is 0.141 e. The molecule has 0 aromatic carbocycles. The van der Waals surface area contributed by atoms with Crippen LogP contribution in [-0.2, 0) is 11.2 Å². The van der Waals surface area contributed by atoms with Gasteiger partial charge in [-0.15, -0.1) is 0 Å². The fraction of sp³-hybridized carbons (Fsp3) is 0.583. The molecule has 1 aromatic heterocycles. The Hall–Kier alpha value is -1.09. The zero-order chi connectivity index (χ0) is 10.7. The number of nitrogens with one attached hydrogen (secondary N) is 1. The van der Waals surface area contributed by atoms with Crippen LogP contribution in [-0.4, -0.2) is 18.4 Å². The van der Waals surface area contributed by atoms with Crippen LogP contribution in [0, 0.1) is 5.92 Å². The van der Waals surface area contributed by atoms with Gasteiger partial charge in [-0.3, -0.25) is 4.79 Å². The molecular formula is C12H17NO2. The van der Waals surface area contributed by atoms with Crippen molar-refractivity contribution in [1.29, 1.82) is 0 Å². The van der Waals surface area contributed by atoms with Gasteiger partial charge in [-0.25, -0.2) is 0 Å². The largest absolute Gasteiger partial charge is 0.472 e. The second-order valence-corrected chi connectivity index (χ2v) is 4.27. The van der Waals surface area contributed by atoms with Crippen molar-refractivity contribution in [2.24, 2.45) is 5.92 Å². The number of carbonyl (C=O) groups excluding carboxylic acids is 1. The van der Waals surface area contributed by atoms with Gasteiger partial charge in [0.25, 0.3) is 0 Å². The first-order valence-electron chi connectivity index (χ1n) is 5.54. The van der Waals surface area contributed by atoms with Crippen LogP contribution < -0.4 is 5.32 Å². The molecule has 0 radical (unpaired) electrons. The topological polar surface area (TPSA) is 42.2 Å². The van der Waals surface area contributed by atoms with Crippen molar-refractivity contribution in [1.82, 2.24) is 5.32 Å². The maximum atomic E-state index is 12.0. The lowest BCUT2D eigenvalue weighted by Gasteiger charge is -2.28. The highest BCUT2D eigenvalue weighted by Crippen LogP contribution is 2.19. The highest BCUT2D eigenvalue weighted by molar-refractivity contribution is 5.83. The quantitative estimate of drug-likeness (QED) is 0.821. The van der Waals surface area contributed by atoms with E-state index >= 15 is 0 Å². The first-order chi connectivity index (χ1) is 7.27. The van der Waals surface area contributed by atoms with E-state index in [2.05, 4.69) is 12.2 Å². The molecular weight excluding hydrogens is 190 g/mol. The van der Waals surface area contributed by atoms with Crippen LogP contribution in [0.25, 0.3) is 0 Å². The molecule has 1 fully saturated rings. The van der Waals surface area contributed by atoms with Gasteiger partial charge in [0.2, 0.25) is 0 Å². The molecule has 2 rings (SSSR count). The fourth-order valence-corrected chi connectivity index (χ4v) is 2.21. The Labute approximate surface area is 89.9 Å². The fourth-order valence-electron chi connectivity index (χ4n) is 2.21. The van der Waals surface area contributed by atoms with Crippen molar-refractivity contribution in [3.63, 3.8) is 0 Å². The molecule has 1 aliphatic heterocycles. The Kier molecular flexibility index (Phi) is 3.21. The summed E-state index contributed by atoms with van der Waals surface area (Å²) >= 11 is 0. The van der Waals surface area contributed by atoms with Gasteiger partial charge in [0, 0.05) is 18.4 Å². The standard InChI is InChI=1S/C12H17NO2/c1-9-11(3-2-5-13-9)12(14)7-10-4-6-15-8-10/h4,6,8-9,11,13H,2-3,5,7H2,1H3. The summed E-state index contributed by atoms with van der Waals surface area (Å²) in [5.41, 5.74) is 0.984. The minimum absolute atomic E-state index is 0.175. The van der Waals surface area contributed by atoms with Crippen LogP contribution in [0.1, 0.15) is 25.3 Å². The molecule has 0 amide bonds.